The van der Waals surface area contributed by atoms with Gasteiger partial charge in [-0.15, -0.1) is 0 Å². The normalized spacial score (nSPS) is 11.5. The Morgan fingerprint density at radius 3 is 2.47 bits per heavy atom. The summed E-state index contributed by atoms with van der Waals surface area (Å²) in [6.07, 6.45) is -0.384. The molecule has 0 aliphatic heterocycles. The molecule has 1 rings (SSSR count). The fraction of sp³-hybridized carbons (Fsp3) is 0.385. The number of methoxy groups -OCH3 is 2. The molecule has 1 unspecified atom stereocenters. The summed E-state index contributed by atoms with van der Waals surface area (Å²) in [5.74, 6) is -0.710. The van der Waals surface area contributed by atoms with Gasteiger partial charge in [0.2, 0.25) is 0 Å². The number of carbonyl (C=O) groups is 2. The molecule has 2 amide bonds. The number of amides is 2. The van der Waals surface area contributed by atoms with Crippen LogP contribution in [0.2, 0.25) is 0 Å². The quantitative estimate of drug-likeness (QED) is 0.749. The molecule has 0 radical (unpaired) electrons. The predicted molar refractivity (Wildman–Crippen MR) is 69.8 cm³/mol. The van der Waals surface area contributed by atoms with Crippen LogP contribution in [0.4, 0.5) is 0 Å². The standard InChI is InChI=1S/C13H18N2O4/c1-14-12(16)13(17)15-8-11(19-3)9-6-4-5-7-10(9)18-2/h4-7,11H,8H2,1-3H3,(H,14,16)(H,15,17). The van der Waals surface area contributed by atoms with Gasteiger partial charge in [0, 0.05) is 26.3 Å². The fourth-order valence-corrected chi connectivity index (χ4v) is 1.63. The van der Waals surface area contributed by atoms with E-state index in [2.05, 4.69) is 10.6 Å². The minimum atomic E-state index is -0.695. The lowest BCUT2D eigenvalue weighted by molar-refractivity contribution is -0.139. The predicted octanol–water partition coefficient (Wildman–Crippen LogP) is 0.245. The molecule has 0 aromatic heterocycles. The van der Waals surface area contributed by atoms with Gasteiger partial charge in [-0.2, -0.15) is 0 Å². The summed E-state index contributed by atoms with van der Waals surface area (Å²) >= 11 is 0. The maximum atomic E-state index is 11.4. The van der Waals surface area contributed by atoms with Crippen LogP contribution in [0.3, 0.4) is 0 Å². The molecule has 1 aromatic carbocycles. The average molecular weight is 266 g/mol. The van der Waals surface area contributed by atoms with E-state index in [9.17, 15) is 9.59 Å². The number of para-hydroxylation sites is 1. The van der Waals surface area contributed by atoms with Gasteiger partial charge >= 0.3 is 11.8 Å². The lowest BCUT2D eigenvalue weighted by Gasteiger charge is -2.18. The Hall–Kier alpha value is -2.08. The van der Waals surface area contributed by atoms with Crippen molar-refractivity contribution in [1.29, 1.82) is 0 Å². The summed E-state index contributed by atoms with van der Waals surface area (Å²) in [6, 6.07) is 7.35. The van der Waals surface area contributed by atoms with Crippen molar-refractivity contribution in [3.63, 3.8) is 0 Å². The van der Waals surface area contributed by atoms with Gasteiger partial charge in [-0.25, -0.2) is 0 Å². The van der Waals surface area contributed by atoms with Crippen LogP contribution in [-0.2, 0) is 14.3 Å². The van der Waals surface area contributed by atoms with Crippen LogP contribution < -0.4 is 15.4 Å². The van der Waals surface area contributed by atoms with E-state index in [-0.39, 0.29) is 12.6 Å². The first kappa shape index (κ1) is 15.0. The topological polar surface area (TPSA) is 76.7 Å². The molecule has 19 heavy (non-hydrogen) atoms. The molecule has 6 heteroatoms. The van der Waals surface area contributed by atoms with Gasteiger partial charge in [-0.1, -0.05) is 18.2 Å². The van der Waals surface area contributed by atoms with E-state index >= 15 is 0 Å². The summed E-state index contributed by atoms with van der Waals surface area (Å²) < 4.78 is 10.5. The first-order chi connectivity index (χ1) is 9.13. The number of benzene rings is 1. The Balaban J connectivity index is 2.73. The number of nitrogens with one attached hydrogen (secondary N) is 2. The van der Waals surface area contributed by atoms with Gasteiger partial charge in [0.05, 0.1) is 7.11 Å². The Kier molecular flexibility index (Phi) is 5.81. The molecule has 6 nitrogen and oxygen atoms in total. The largest absolute Gasteiger partial charge is 0.496 e. The van der Waals surface area contributed by atoms with E-state index in [1.54, 1.807) is 7.11 Å². The highest BCUT2D eigenvalue weighted by Crippen LogP contribution is 2.26. The van der Waals surface area contributed by atoms with Gasteiger partial charge in [0.1, 0.15) is 11.9 Å². The van der Waals surface area contributed by atoms with Gasteiger partial charge in [-0.05, 0) is 6.07 Å². The number of hydrogen-bond donors (Lipinski definition) is 2. The van der Waals surface area contributed by atoms with Crippen molar-refractivity contribution in [3.8, 4) is 5.75 Å². The Bertz CT molecular complexity index is 448. The van der Waals surface area contributed by atoms with Gasteiger partial charge < -0.3 is 20.1 Å². The second-order valence-electron chi connectivity index (χ2n) is 3.76. The molecule has 0 saturated carbocycles. The molecule has 0 saturated heterocycles. The first-order valence-corrected chi connectivity index (χ1v) is 5.79. The third-order valence-electron chi connectivity index (χ3n) is 2.65. The summed E-state index contributed by atoms with van der Waals surface area (Å²) in [5, 5.41) is 4.75. The van der Waals surface area contributed by atoms with Crippen LogP contribution in [0, 0.1) is 0 Å². The van der Waals surface area contributed by atoms with E-state index in [0.717, 1.165) is 5.56 Å². The van der Waals surface area contributed by atoms with Crippen molar-refractivity contribution in [1.82, 2.24) is 10.6 Å². The van der Waals surface area contributed by atoms with E-state index in [0.29, 0.717) is 5.75 Å². The zero-order chi connectivity index (χ0) is 14.3. The van der Waals surface area contributed by atoms with Crippen LogP contribution in [-0.4, -0.2) is 39.6 Å². The number of rotatable bonds is 5. The lowest BCUT2D eigenvalue weighted by atomic mass is 10.1. The monoisotopic (exact) mass is 266 g/mol. The van der Waals surface area contributed by atoms with Gasteiger partial charge in [-0.3, -0.25) is 9.59 Å². The second-order valence-corrected chi connectivity index (χ2v) is 3.76. The molecular weight excluding hydrogens is 248 g/mol. The molecule has 0 heterocycles. The third-order valence-corrected chi connectivity index (χ3v) is 2.65. The molecule has 2 N–H and O–H groups in total. The average Bonchev–Trinajstić information content (AvgIpc) is 2.47. The van der Waals surface area contributed by atoms with E-state index in [4.69, 9.17) is 9.47 Å². The van der Waals surface area contributed by atoms with E-state index < -0.39 is 11.8 Å². The third kappa shape index (κ3) is 3.96. The second kappa shape index (κ2) is 7.38. The molecule has 0 bridgehead atoms. The Morgan fingerprint density at radius 2 is 1.89 bits per heavy atom. The number of hydrogen-bond acceptors (Lipinski definition) is 4. The maximum Gasteiger partial charge on any atom is 0.309 e. The molecule has 104 valence electrons. The highest BCUT2D eigenvalue weighted by atomic mass is 16.5. The number of ether oxygens (including phenoxy) is 2. The van der Waals surface area contributed by atoms with Crippen LogP contribution in [0.15, 0.2) is 24.3 Å². The van der Waals surface area contributed by atoms with Crippen LogP contribution >= 0.6 is 0 Å². The van der Waals surface area contributed by atoms with E-state index in [1.807, 2.05) is 24.3 Å². The van der Waals surface area contributed by atoms with Gasteiger partial charge in [0.15, 0.2) is 0 Å². The number of carbonyl (C=O) groups excluding carboxylic acids is 2. The molecular formula is C13H18N2O4. The van der Waals surface area contributed by atoms with Crippen molar-refractivity contribution >= 4 is 11.8 Å². The minimum Gasteiger partial charge on any atom is -0.496 e. The molecule has 1 atom stereocenters. The SMILES string of the molecule is CNC(=O)C(=O)NCC(OC)c1ccccc1OC. The van der Waals surface area contributed by atoms with Crippen molar-refractivity contribution in [2.45, 2.75) is 6.10 Å². The lowest BCUT2D eigenvalue weighted by Crippen LogP contribution is -2.40. The maximum absolute atomic E-state index is 11.4. The Morgan fingerprint density at radius 1 is 1.21 bits per heavy atom. The van der Waals surface area contributed by atoms with Crippen LogP contribution in [0.5, 0.6) is 5.75 Å². The molecule has 0 aliphatic carbocycles. The molecule has 0 aliphatic rings. The highest BCUT2D eigenvalue weighted by Gasteiger charge is 2.18. The molecule has 1 aromatic rings. The molecule has 0 spiro atoms. The van der Waals surface area contributed by atoms with Crippen molar-refractivity contribution < 1.29 is 19.1 Å². The smallest absolute Gasteiger partial charge is 0.309 e. The fourth-order valence-electron chi connectivity index (χ4n) is 1.63. The number of likely N-dealkylation sites (N-methyl/N-ethyl adjacent to an activating group) is 1. The van der Waals surface area contributed by atoms with Gasteiger partial charge in [0.25, 0.3) is 0 Å². The zero-order valence-electron chi connectivity index (χ0n) is 11.2. The van der Waals surface area contributed by atoms with E-state index in [1.165, 1.54) is 14.2 Å². The summed E-state index contributed by atoms with van der Waals surface area (Å²) in [6.45, 7) is 0.184. The van der Waals surface area contributed by atoms with Crippen molar-refractivity contribution in [2.24, 2.45) is 0 Å². The van der Waals surface area contributed by atoms with Crippen molar-refractivity contribution in [2.75, 3.05) is 27.8 Å². The first-order valence-electron chi connectivity index (χ1n) is 5.79. The van der Waals surface area contributed by atoms with Crippen LogP contribution in [0.25, 0.3) is 0 Å². The summed E-state index contributed by atoms with van der Waals surface area (Å²) in [7, 11) is 4.49. The highest BCUT2D eigenvalue weighted by molar-refractivity contribution is 6.35. The van der Waals surface area contributed by atoms with Crippen molar-refractivity contribution in [3.05, 3.63) is 29.8 Å². The summed E-state index contributed by atoms with van der Waals surface area (Å²) in [4.78, 5) is 22.5. The Labute approximate surface area is 112 Å². The minimum absolute atomic E-state index is 0.184. The molecule has 0 fully saturated rings. The zero-order valence-corrected chi connectivity index (χ0v) is 11.2. The van der Waals surface area contributed by atoms with Crippen LogP contribution in [0.1, 0.15) is 11.7 Å². The summed E-state index contributed by atoms with van der Waals surface area (Å²) in [5.41, 5.74) is 0.810.